The standard InChI is InChI=1S/C15H15N7O/c23-15(16-10-3-4-11-13(9-10)19-21-18-11)12-5-6-14(20-17-12)22-7-1-2-8-22/h3-6,9H,1-2,7-8H2,(H,16,23)(H,18,19,21). The van der Waals surface area contributed by atoms with Gasteiger partial charge in [0.05, 0.1) is 0 Å². The lowest BCUT2D eigenvalue weighted by Gasteiger charge is -2.15. The highest BCUT2D eigenvalue weighted by Gasteiger charge is 2.15. The smallest absolute Gasteiger partial charge is 0.276 e. The van der Waals surface area contributed by atoms with E-state index in [2.05, 4.69) is 35.8 Å². The SMILES string of the molecule is O=C(Nc1ccc2n[nH]nc2c1)c1ccc(N2CCCC2)nn1. The fraction of sp³-hybridized carbons (Fsp3) is 0.267. The molecule has 3 heterocycles. The molecule has 0 unspecified atom stereocenters. The Morgan fingerprint density at radius 3 is 2.65 bits per heavy atom. The average Bonchev–Trinajstić information content (AvgIpc) is 3.26. The molecule has 0 radical (unpaired) electrons. The number of amides is 1. The van der Waals surface area contributed by atoms with Crippen LogP contribution in [0.25, 0.3) is 11.0 Å². The van der Waals surface area contributed by atoms with Crippen LogP contribution in [0.3, 0.4) is 0 Å². The number of carbonyl (C=O) groups is 1. The number of carbonyl (C=O) groups excluding carboxylic acids is 1. The molecule has 1 amide bonds. The van der Waals surface area contributed by atoms with Crippen molar-refractivity contribution in [1.82, 2.24) is 25.6 Å². The van der Waals surface area contributed by atoms with Crippen LogP contribution in [-0.2, 0) is 0 Å². The van der Waals surface area contributed by atoms with Gasteiger partial charge in [0.15, 0.2) is 11.5 Å². The van der Waals surface area contributed by atoms with Gasteiger partial charge in [-0.2, -0.15) is 15.4 Å². The van der Waals surface area contributed by atoms with E-state index in [0.29, 0.717) is 11.2 Å². The number of nitrogens with one attached hydrogen (secondary N) is 2. The Morgan fingerprint density at radius 2 is 1.87 bits per heavy atom. The van der Waals surface area contributed by atoms with Crippen molar-refractivity contribution in [2.75, 3.05) is 23.3 Å². The zero-order valence-electron chi connectivity index (χ0n) is 12.4. The van der Waals surface area contributed by atoms with Gasteiger partial charge in [0, 0.05) is 18.8 Å². The molecular formula is C15H15N7O. The zero-order valence-corrected chi connectivity index (χ0v) is 12.4. The molecule has 1 aliphatic rings. The number of anilines is 2. The van der Waals surface area contributed by atoms with E-state index < -0.39 is 0 Å². The quantitative estimate of drug-likeness (QED) is 0.762. The van der Waals surface area contributed by atoms with Crippen LogP contribution in [0.5, 0.6) is 0 Å². The maximum Gasteiger partial charge on any atom is 0.276 e. The van der Waals surface area contributed by atoms with Crippen molar-refractivity contribution in [2.24, 2.45) is 0 Å². The van der Waals surface area contributed by atoms with Gasteiger partial charge in [-0.1, -0.05) is 0 Å². The third kappa shape index (κ3) is 2.70. The number of fused-ring (bicyclic) bond motifs is 1. The lowest BCUT2D eigenvalue weighted by Crippen LogP contribution is -2.21. The van der Waals surface area contributed by atoms with E-state index in [-0.39, 0.29) is 11.6 Å². The number of rotatable bonds is 3. The Balaban J connectivity index is 1.49. The van der Waals surface area contributed by atoms with Crippen LogP contribution in [0.4, 0.5) is 11.5 Å². The highest BCUT2D eigenvalue weighted by molar-refractivity contribution is 6.03. The van der Waals surface area contributed by atoms with Crippen molar-refractivity contribution < 1.29 is 4.79 Å². The Labute approximate surface area is 131 Å². The molecule has 8 nitrogen and oxygen atoms in total. The summed E-state index contributed by atoms with van der Waals surface area (Å²) in [7, 11) is 0. The number of aromatic amines is 1. The topological polar surface area (TPSA) is 99.7 Å². The van der Waals surface area contributed by atoms with Crippen LogP contribution in [0.2, 0.25) is 0 Å². The molecule has 0 atom stereocenters. The third-order valence-electron chi connectivity index (χ3n) is 3.89. The van der Waals surface area contributed by atoms with E-state index in [1.54, 1.807) is 24.3 Å². The molecule has 4 rings (SSSR count). The third-order valence-corrected chi connectivity index (χ3v) is 3.89. The van der Waals surface area contributed by atoms with Crippen molar-refractivity contribution in [1.29, 1.82) is 0 Å². The molecule has 3 aromatic rings. The van der Waals surface area contributed by atoms with Gasteiger partial charge < -0.3 is 10.2 Å². The lowest BCUT2D eigenvalue weighted by molar-refractivity contribution is 0.102. The van der Waals surface area contributed by atoms with Crippen molar-refractivity contribution in [3.63, 3.8) is 0 Å². The van der Waals surface area contributed by atoms with E-state index in [9.17, 15) is 4.79 Å². The van der Waals surface area contributed by atoms with Gasteiger partial charge >= 0.3 is 0 Å². The Bertz CT molecular complexity index is 836. The zero-order chi connectivity index (χ0) is 15.6. The summed E-state index contributed by atoms with van der Waals surface area (Å²) in [5.74, 6) is 0.524. The Morgan fingerprint density at radius 1 is 1.04 bits per heavy atom. The van der Waals surface area contributed by atoms with Gasteiger partial charge in [0.2, 0.25) is 0 Å². The molecule has 23 heavy (non-hydrogen) atoms. The second-order valence-electron chi connectivity index (χ2n) is 5.45. The van der Waals surface area contributed by atoms with Crippen LogP contribution >= 0.6 is 0 Å². The minimum absolute atomic E-state index is 0.285. The summed E-state index contributed by atoms with van der Waals surface area (Å²) in [6.07, 6.45) is 2.35. The molecule has 1 aliphatic heterocycles. The maximum absolute atomic E-state index is 12.2. The Kier molecular flexibility index (Phi) is 3.34. The van der Waals surface area contributed by atoms with Gasteiger partial charge in [0.25, 0.3) is 5.91 Å². The number of hydrogen-bond acceptors (Lipinski definition) is 6. The summed E-state index contributed by atoms with van der Waals surface area (Å²) < 4.78 is 0. The molecule has 1 saturated heterocycles. The minimum atomic E-state index is -0.298. The summed E-state index contributed by atoms with van der Waals surface area (Å²) in [5.41, 5.74) is 2.37. The van der Waals surface area contributed by atoms with Crippen molar-refractivity contribution in [2.45, 2.75) is 12.8 Å². The van der Waals surface area contributed by atoms with Crippen LogP contribution in [0, 0.1) is 0 Å². The number of nitrogens with zero attached hydrogens (tertiary/aromatic N) is 5. The van der Waals surface area contributed by atoms with E-state index in [1.165, 1.54) is 12.8 Å². The highest BCUT2D eigenvalue weighted by atomic mass is 16.1. The van der Waals surface area contributed by atoms with E-state index in [1.807, 2.05) is 6.07 Å². The molecule has 0 aliphatic carbocycles. The van der Waals surface area contributed by atoms with Crippen molar-refractivity contribution in [3.05, 3.63) is 36.0 Å². The molecule has 8 heteroatoms. The monoisotopic (exact) mass is 309 g/mol. The van der Waals surface area contributed by atoms with Crippen LogP contribution < -0.4 is 10.2 Å². The van der Waals surface area contributed by atoms with Crippen molar-refractivity contribution in [3.8, 4) is 0 Å². The highest BCUT2D eigenvalue weighted by Crippen LogP contribution is 2.18. The van der Waals surface area contributed by atoms with Gasteiger partial charge in [0.1, 0.15) is 11.0 Å². The number of aromatic nitrogens is 5. The fourth-order valence-electron chi connectivity index (χ4n) is 2.67. The first-order chi connectivity index (χ1) is 11.3. The van der Waals surface area contributed by atoms with Gasteiger partial charge in [-0.15, -0.1) is 10.2 Å². The van der Waals surface area contributed by atoms with Gasteiger partial charge in [-0.3, -0.25) is 4.79 Å². The first-order valence-electron chi connectivity index (χ1n) is 7.50. The summed E-state index contributed by atoms with van der Waals surface area (Å²) in [6.45, 7) is 2.00. The summed E-state index contributed by atoms with van der Waals surface area (Å²) in [4.78, 5) is 14.4. The molecule has 1 fully saturated rings. The average molecular weight is 309 g/mol. The van der Waals surface area contributed by atoms with Crippen LogP contribution in [-0.4, -0.2) is 44.6 Å². The molecule has 0 spiro atoms. The molecule has 2 aromatic heterocycles. The van der Waals surface area contributed by atoms with Crippen molar-refractivity contribution >= 4 is 28.4 Å². The largest absolute Gasteiger partial charge is 0.355 e. The van der Waals surface area contributed by atoms with Crippen LogP contribution in [0.15, 0.2) is 30.3 Å². The normalized spacial score (nSPS) is 14.3. The van der Waals surface area contributed by atoms with E-state index >= 15 is 0 Å². The van der Waals surface area contributed by atoms with E-state index in [0.717, 1.165) is 24.4 Å². The maximum atomic E-state index is 12.2. The number of H-pyrrole nitrogens is 1. The van der Waals surface area contributed by atoms with Gasteiger partial charge in [-0.25, -0.2) is 0 Å². The second kappa shape index (κ2) is 5.64. The summed E-state index contributed by atoms with van der Waals surface area (Å²) >= 11 is 0. The molecular weight excluding hydrogens is 294 g/mol. The number of hydrogen-bond donors (Lipinski definition) is 2. The predicted molar refractivity (Wildman–Crippen MR) is 85.3 cm³/mol. The first-order valence-corrected chi connectivity index (χ1v) is 7.50. The second-order valence-corrected chi connectivity index (χ2v) is 5.45. The lowest BCUT2D eigenvalue weighted by atomic mass is 10.2. The first kappa shape index (κ1) is 13.6. The molecule has 0 bridgehead atoms. The van der Waals surface area contributed by atoms with Crippen LogP contribution in [0.1, 0.15) is 23.3 Å². The minimum Gasteiger partial charge on any atom is -0.355 e. The Hall–Kier alpha value is -3.03. The number of benzene rings is 1. The fourth-order valence-corrected chi connectivity index (χ4v) is 2.67. The summed E-state index contributed by atoms with van der Waals surface area (Å²) in [6, 6.07) is 8.85. The molecule has 1 aromatic carbocycles. The van der Waals surface area contributed by atoms with E-state index in [4.69, 9.17) is 0 Å². The van der Waals surface area contributed by atoms with Gasteiger partial charge in [-0.05, 0) is 43.2 Å². The molecule has 0 saturated carbocycles. The molecule has 2 N–H and O–H groups in total. The predicted octanol–water partition coefficient (Wildman–Crippen LogP) is 1.60. The summed E-state index contributed by atoms with van der Waals surface area (Å²) in [5, 5.41) is 21.5. The molecule has 116 valence electrons.